The summed E-state index contributed by atoms with van der Waals surface area (Å²) in [6, 6.07) is 16.6. The number of para-hydroxylation sites is 1. The highest BCUT2D eigenvalue weighted by Gasteiger charge is 2.05. The van der Waals surface area contributed by atoms with Gasteiger partial charge in [0.25, 0.3) is 0 Å². The highest BCUT2D eigenvalue weighted by molar-refractivity contribution is 9.10. The minimum Gasteiger partial charge on any atom is -0.306 e. The maximum absolute atomic E-state index is 4.10. The molecule has 0 aliphatic rings. The predicted molar refractivity (Wildman–Crippen MR) is 76.7 cm³/mol. The lowest BCUT2D eigenvalue weighted by Gasteiger charge is -2.10. The fourth-order valence-electron chi connectivity index (χ4n) is 1.97. The van der Waals surface area contributed by atoms with Gasteiger partial charge in [-0.2, -0.15) is 0 Å². The summed E-state index contributed by atoms with van der Waals surface area (Å²) < 4.78 is 3.11. The highest BCUT2D eigenvalue weighted by atomic mass is 79.9. The maximum Gasteiger partial charge on any atom is 0.0991 e. The van der Waals surface area contributed by atoms with E-state index in [4.69, 9.17) is 0 Å². The van der Waals surface area contributed by atoms with Crippen LogP contribution < -0.4 is 0 Å². The van der Waals surface area contributed by atoms with E-state index in [1.165, 1.54) is 11.1 Å². The molecular formula is C15H11BrN2. The first-order chi connectivity index (χ1) is 8.84. The topological polar surface area (TPSA) is 17.8 Å². The Labute approximate surface area is 114 Å². The van der Waals surface area contributed by atoms with Crippen LogP contribution in [0.25, 0.3) is 16.8 Å². The normalized spacial score (nSPS) is 10.5. The molecule has 3 rings (SSSR count). The Hall–Kier alpha value is -1.87. The molecule has 2 nitrogen and oxygen atoms in total. The zero-order chi connectivity index (χ0) is 12.4. The van der Waals surface area contributed by atoms with E-state index in [0.29, 0.717) is 0 Å². The third-order valence-electron chi connectivity index (χ3n) is 2.84. The van der Waals surface area contributed by atoms with E-state index >= 15 is 0 Å². The lowest BCUT2D eigenvalue weighted by molar-refractivity contribution is 1.06. The van der Waals surface area contributed by atoms with E-state index in [1.807, 2.05) is 23.2 Å². The van der Waals surface area contributed by atoms with Crippen molar-refractivity contribution in [2.24, 2.45) is 0 Å². The molecule has 0 unspecified atom stereocenters. The van der Waals surface area contributed by atoms with Crippen LogP contribution in [0.3, 0.4) is 0 Å². The van der Waals surface area contributed by atoms with Gasteiger partial charge in [0.2, 0.25) is 0 Å². The number of hydrogen-bond acceptors (Lipinski definition) is 1. The number of benzene rings is 2. The molecule has 0 bridgehead atoms. The molecule has 0 amide bonds. The molecule has 0 fully saturated rings. The highest BCUT2D eigenvalue weighted by Crippen LogP contribution is 2.27. The average Bonchev–Trinajstić information content (AvgIpc) is 2.93. The van der Waals surface area contributed by atoms with Gasteiger partial charge in [-0.1, -0.05) is 46.3 Å². The number of hydrogen-bond donors (Lipinski definition) is 0. The molecule has 0 aliphatic carbocycles. The SMILES string of the molecule is Brc1ccc(-c2ccccc2-n2ccnc2)cc1. The lowest BCUT2D eigenvalue weighted by Crippen LogP contribution is -1.93. The van der Waals surface area contributed by atoms with Crippen LogP contribution in [0.5, 0.6) is 0 Å². The Bertz CT molecular complexity index is 643. The molecule has 3 aromatic rings. The van der Waals surface area contributed by atoms with Gasteiger partial charge in [0, 0.05) is 22.4 Å². The molecule has 0 N–H and O–H groups in total. The summed E-state index contributed by atoms with van der Waals surface area (Å²) in [4.78, 5) is 4.10. The number of rotatable bonds is 2. The number of halogens is 1. The second-order valence-electron chi connectivity index (χ2n) is 3.99. The largest absolute Gasteiger partial charge is 0.306 e. The standard InChI is InChI=1S/C15H11BrN2/c16-13-7-5-12(6-8-13)14-3-1-2-4-15(14)18-10-9-17-11-18/h1-11H. The number of imidazole rings is 1. The Morgan fingerprint density at radius 2 is 1.72 bits per heavy atom. The van der Waals surface area contributed by atoms with E-state index in [2.05, 4.69) is 63.4 Å². The van der Waals surface area contributed by atoms with Gasteiger partial charge < -0.3 is 4.57 Å². The van der Waals surface area contributed by atoms with E-state index in [0.717, 1.165) is 10.2 Å². The molecule has 0 saturated heterocycles. The van der Waals surface area contributed by atoms with Crippen LogP contribution in [0.2, 0.25) is 0 Å². The molecule has 88 valence electrons. The van der Waals surface area contributed by atoms with Crippen LogP contribution in [0.4, 0.5) is 0 Å². The first kappa shape index (κ1) is 11.2. The van der Waals surface area contributed by atoms with E-state index < -0.39 is 0 Å². The van der Waals surface area contributed by atoms with Gasteiger partial charge in [-0.05, 0) is 23.8 Å². The van der Waals surface area contributed by atoms with Crippen LogP contribution >= 0.6 is 15.9 Å². The minimum absolute atomic E-state index is 1.09. The van der Waals surface area contributed by atoms with Crippen LogP contribution in [-0.4, -0.2) is 9.55 Å². The second-order valence-corrected chi connectivity index (χ2v) is 4.91. The molecule has 3 heteroatoms. The molecule has 18 heavy (non-hydrogen) atoms. The minimum atomic E-state index is 1.09. The van der Waals surface area contributed by atoms with Crippen molar-refractivity contribution in [1.29, 1.82) is 0 Å². The second kappa shape index (κ2) is 4.78. The van der Waals surface area contributed by atoms with Crippen molar-refractivity contribution in [3.63, 3.8) is 0 Å². The molecular weight excluding hydrogens is 288 g/mol. The smallest absolute Gasteiger partial charge is 0.0991 e. The van der Waals surface area contributed by atoms with Crippen molar-refractivity contribution in [2.45, 2.75) is 0 Å². The summed E-state index contributed by atoms with van der Waals surface area (Å²) in [6.45, 7) is 0. The Kier molecular flexibility index (Phi) is 2.99. The van der Waals surface area contributed by atoms with Crippen molar-refractivity contribution in [3.8, 4) is 16.8 Å². The molecule has 0 saturated carbocycles. The molecule has 0 atom stereocenters. The van der Waals surface area contributed by atoms with E-state index in [9.17, 15) is 0 Å². The van der Waals surface area contributed by atoms with Crippen molar-refractivity contribution in [3.05, 3.63) is 71.7 Å². The first-order valence-electron chi connectivity index (χ1n) is 5.68. The summed E-state index contributed by atoms with van der Waals surface area (Å²) in [7, 11) is 0. The molecule has 0 spiro atoms. The third-order valence-corrected chi connectivity index (χ3v) is 3.37. The fraction of sp³-hybridized carbons (Fsp3) is 0. The predicted octanol–water partition coefficient (Wildman–Crippen LogP) is 4.30. The van der Waals surface area contributed by atoms with Crippen molar-refractivity contribution in [2.75, 3.05) is 0 Å². The summed E-state index contributed by atoms with van der Waals surface area (Å²) >= 11 is 3.46. The summed E-state index contributed by atoms with van der Waals surface area (Å²) in [5, 5.41) is 0. The van der Waals surface area contributed by atoms with Gasteiger partial charge in [-0.25, -0.2) is 4.98 Å². The Morgan fingerprint density at radius 3 is 2.44 bits per heavy atom. The van der Waals surface area contributed by atoms with E-state index in [1.54, 1.807) is 6.20 Å². The monoisotopic (exact) mass is 298 g/mol. The molecule has 0 radical (unpaired) electrons. The van der Waals surface area contributed by atoms with Crippen molar-refractivity contribution >= 4 is 15.9 Å². The van der Waals surface area contributed by atoms with Gasteiger partial charge >= 0.3 is 0 Å². The quantitative estimate of drug-likeness (QED) is 0.690. The van der Waals surface area contributed by atoms with Crippen LogP contribution in [-0.2, 0) is 0 Å². The van der Waals surface area contributed by atoms with Crippen LogP contribution in [0.15, 0.2) is 71.7 Å². The van der Waals surface area contributed by atoms with Crippen molar-refractivity contribution in [1.82, 2.24) is 9.55 Å². The molecule has 1 aromatic heterocycles. The average molecular weight is 299 g/mol. The molecule has 1 heterocycles. The number of aromatic nitrogens is 2. The maximum atomic E-state index is 4.10. The number of nitrogens with zero attached hydrogens (tertiary/aromatic N) is 2. The molecule has 2 aromatic carbocycles. The Morgan fingerprint density at radius 1 is 0.944 bits per heavy atom. The summed E-state index contributed by atoms with van der Waals surface area (Å²) in [6.07, 6.45) is 5.56. The van der Waals surface area contributed by atoms with Gasteiger partial charge in [-0.15, -0.1) is 0 Å². The van der Waals surface area contributed by atoms with Gasteiger partial charge in [-0.3, -0.25) is 0 Å². The zero-order valence-electron chi connectivity index (χ0n) is 9.62. The first-order valence-corrected chi connectivity index (χ1v) is 6.47. The van der Waals surface area contributed by atoms with Gasteiger partial charge in [0.1, 0.15) is 0 Å². The molecule has 0 aliphatic heterocycles. The van der Waals surface area contributed by atoms with Crippen LogP contribution in [0.1, 0.15) is 0 Å². The Balaban J connectivity index is 2.15. The lowest BCUT2D eigenvalue weighted by atomic mass is 10.0. The summed E-state index contributed by atoms with van der Waals surface area (Å²) in [5.74, 6) is 0. The third kappa shape index (κ3) is 2.09. The van der Waals surface area contributed by atoms with Gasteiger partial charge in [0.05, 0.1) is 12.0 Å². The van der Waals surface area contributed by atoms with Gasteiger partial charge in [0.15, 0.2) is 0 Å². The van der Waals surface area contributed by atoms with Crippen LogP contribution in [0, 0.1) is 0 Å². The van der Waals surface area contributed by atoms with E-state index in [-0.39, 0.29) is 0 Å². The fourth-order valence-corrected chi connectivity index (χ4v) is 2.24. The van der Waals surface area contributed by atoms with Crippen molar-refractivity contribution < 1.29 is 0 Å². The summed E-state index contributed by atoms with van der Waals surface area (Å²) in [5.41, 5.74) is 3.53. The zero-order valence-corrected chi connectivity index (χ0v) is 11.2.